The molecule has 1 aliphatic heterocycles. The molecule has 0 radical (unpaired) electrons. The maximum Gasteiger partial charge on any atom is 0.335 e. The number of carbonyl (C=O) groups is 3. The fourth-order valence-electron chi connectivity index (χ4n) is 3.03. The van der Waals surface area contributed by atoms with Crippen LogP contribution in [0, 0.1) is 0 Å². The standard InChI is InChI=1S/C22H14Cl2N2O5/c1-30-19-8-2-12(10-17(19)24)18-9-7-15(31-18)11-16-20(27)25-22(29)26(21(16)28)14-5-3-13(23)4-6-14/h2-11H,1H3,(H,25,27,29). The number of hydrogen-bond acceptors (Lipinski definition) is 5. The lowest BCUT2D eigenvalue weighted by Gasteiger charge is -2.26. The van der Waals surface area contributed by atoms with Crippen molar-refractivity contribution in [3.05, 3.63) is 76.0 Å². The van der Waals surface area contributed by atoms with Gasteiger partial charge in [-0.15, -0.1) is 0 Å². The second-order valence-corrected chi connectivity index (χ2v) is 7.33. The van der Waals surface area contributed by atoms with Gasteiger partial charge in [-0.2, -0.15) is 0 Å². The number of amides is 4. The Hall–Kier alpha value is -3.55. The van der Waals surface area contributed by atoms with Crippen molar-refractivity contribution in [2.24, 2.45) is 0 Å². The zero-order valence-electron chi connectivity index (χ0n) is 16.0. The second-order valence-electron chi connectivity index (χ2n) is 6.49. The van der Waals surface area contributed by atoms with Crippen LogP contribution >= 0.6 is 23.2 Å². The van der Waals surface area contributed by atoms with Crippen LogP contribution in [0.5, 0.6) is 5.75 Å². The molecule has 0 bridgehead atoms. The average molecular weight is 457 g/mol. The van der Waals surface area contributed by atoms with Crippen molar-refractivity contribution in [3.63, 3.8) is 0 Å². The van der Waals surface area contributed by atoms with Crippen LogP contribution in [0.2, 0.25) is 10.0 Å². The van der Waals surface area contributed by atoms with Crippen LogP contribution in [0.3, 0.4) is 0 Å². The van der Waals surface area contributed by atoms with Crippen LogP contribution in [0.15, 0.2) is 64.6 Å². The van der Waals surface area contributed by atoms with Crippen molar-refractivity contribution >= 4 is 52.8 Å². The van der Waals surface area contributed by atoms with E-state index in [4.69, 9.17) is 32.4 Å². The first-order chi connectivity index (χ1) is 14.9. The molecule has 2 aromatic carbocycles. The predicted octanol–water partition coefficient (Wildman–Crippen LogP) is 4.93. The highest BCUT2D eigenvalue weighted by atomic mass is 35.5. The van der Waals surface area contributed by atoms with Gasteiger partial charge in [0.05, 0.1) is 17.8 Å². The third-order valence-corrected chi connectivity index (χ3v) is 5.08. The van der Waals surface area contributed by atoms with E-state index in [0.717, 1.165) is 4.90 Å². The summed E-state index contributed by atoms with van der Waals surface area (Å²) in [5.74, 6) is -0.334. The molecule has 9 heteroatoms. The summed E-state index contributed by atoms with van der Waals surface area (Å²) in [4.78, 5) is 38.3. The van der Waals surface area contributed by atoms with Gasteiger partial charge in [0, 0.05) is 10.6 Å². The molecule has 0 atom stereocenters. The van der Waals surface area contributed by atoms with Gasteiger partial charge < -0.3 is 9.15 Å². The number of nitrogens with zero attached hydrogens (tertiary/aromatic N) is 1. The fraction of sp³-hybridized carbons (Fsp3) is 0.0455. The molecule has 31 heavy (non-hydrogen) atoms. The first-order valence-corrected chi connectivity index (χ1v) is 9.74. The Labute approximate surface area is 186 Å². The Morgan fingerprint density at radius 2 is 1.74 bits per heavy atom. The number of ether oxygens (including phenoxy) is 1. The van der Waals surface area contributed by atoms with Crippen molar-refractivity contribution in [1.82, 2.24) is 5.32 Å². The van der Waals surface area contributed by atoms with E-state index >= 15 is 0 Å². The summed E-state index contributed by atoms with van der Waals surface area (Å²) in [5, 5.41) is 3.01. The number of imide groups is 2. The number of methoxy groups -OCH3 is 1. The molecule has 1 saturated heterocycles. The van der Waals surface area contributed by atoms with E-state index in [0.29, 0.717) is 27.1 Å². The molecule has 2 heterocycles. The lowest BCUT2D eigenvalue weighted by Crippen LogP contribution is -2.54. The molecule has 0 unspecified atom stereocenters. The number of furan rings is 1. The van der Waals surface area contributed by atoms with E-state index < -0.39 is 17.8 Å². The quantitative estimate of drug-likeness (QED) is 0.444. The summed E-state index contributed by atoms with van der Waals surface area (Å²) in [6.45, 7) is 0. The number of benzene rings is 2. The molecular weight excluding hydrogens is 443 g/mol. The fourth-order valence-corrected chi connectivity index (χ4v) is 3.41. The highest BCUT2D eigenvalue weighted by Gasteiger charge is 2.37. The van der Waals surface area contributed by atoms with Crippen LogP contribution < -0.4 is 15.0 Å². The Balaban J connectivity index is 1.65. The first kappa shape index (κ1) is 20.7. The SMILES string of the molecule is COc1ccc(-c2ccc(C=C3C(=O)NC(=O)N(c4ccc(Cl)cc4)C3=O)o2)cc1Cl. The van der Waals surface area contributed by atoms with Gasteiger partial charge >= 0.3 is 6.03 Å². The Morgan fingerprint density at radius 3 is 2.42 bits per heavy atom. The van der Waals surface area contributed by atoms with Gasteiger partial charge in [-0.25, -0.2) is 9.69 Å². The number of urea groups is 1. The molecule has 1 fully saturated rings. The average Bonchev–Trinajstić information content (AvgIpc) is 3.21. The van der Waals surface area contributed by atoms with E-state index in [2.05, 4.69) is 5.32 Å². The molecule has 3 aromatic rings. The van der Waals surface area contributed by atoms with Crippen molar-refractivity contribution in [2.45, 2.75) is 0 Å². The van der Waals surface area contributed by atoms with Crippen molar-refractivity contribution in [2.75, 3.05) is 12.0 Å². The van der Waals surface area contributed by atoms with Gasteiger partial charge in [0.25, 0.3) is 11.8 Å². The number of hydrogen-bond donors (Lipinski definition) is 1. The Bertz CT molecular complexity index is 1230. The zero-order chi connectivity index (χ0) is 22.1. The van der Waals surface area contributed by atoms with Gasteiger partial charge in [-0.1, -0.05) is 23.2 Å². The largest absolute Gasteiger partial charge is 0.495 e. The molecule has 4 amide bonds. The molecule has 0 aliphatic carbocycles. The molecule has 4 rings (SSSR count). The summed E-state index contributed by atoms with van der Waals surface area (Å²) in [6.07, 6.45) is 1.28. The maximum absolute atomic E-state index is 12.9. The van der Waals surface area contributed by atoms with Crippen LogP contribution in [0.4, 0.5) is 10.5 Å². The molecule has 0 spiro atoms. The molecular formula is C22H14Cl2N2O5. The molecule has 1 aromatic heterocycles. The lowest BCUT2D eigenvalue weighted by atomic mass is 10.1. The van der Waals surface area contributed by atoms with E-state index in [9.17, 15) is 14.4 Å². The van der Waals surface area contributed by atoms with Crippen LogP contribution in [-0.2, 0) is 9.59 Å². The van der Waals surface area contributed by atoms with E-state index in [1.165, 1.54) is 37.5 Å². The van der Waals surface area contributed by atoms with Crippen molar-refractivity contribution in [1.29, 1.82) is 0 Å². The normalized spacial score (nSPS) is 15.4. The third kappa shape index (κ3) is 4.05. The van der Waals surface area contributed by atoms with E-state index in [-0.39, 0.29) is 17.0 Å². The summed E-state index contributed by atoms with van der Waals surface area (Å²) < 4.78 is 10.9. The molecule has 1 aliphatic rings. The maximum atomic E-state index is 12.9. The number of barbiturate groups is 1. The summed E-state index contributed by atoms with van der Waals surface area (Å²) in [6, 6.07) is 13.7. The Kier molecular flexibility index (Phi) is 5.54. The van der Waals surface area contributed by atoms with Gasteiger partial charge in [-0.3, -0.25) is 14.9 Å². The topological polar surface area (TPSA) is 88.9 Å². The first-order valence-electron chi connectivity index (χ1n) is 8.98. The summed E-state index contributed by atoms with van der Waals surface area (Å²) >= 11 is 12.0. The third-order valence-electron chi connectivity index (χ3n) is 4.54. The van der Waals surface area contributed by atoms with Gasteiger partial charge in [0.2, 0.25) is 0 Å². The predicted molar refractivity (Wildman–Crippen MR) is 116 cm³/mol. The minimum atomic E-state index is -0.845. The number of rotatable bonds is 4. The highest BCUT2D eigenvalue weighted by Crippen LogP contribution is 2.32. The van der Waals surface area contributed by atoms with Gasteiger partial charge in [0.15, 0.2) is 0 Å². The molecule has 156 valence electrons. The number of anilines is 1. The molecule has 0 saturated carbocycles. The number of carbonyl (C=O) groups excluding carboxylic acids is 3. The minimum Gasteiger partial charge on any atom is -0.495 e. The summed E-state index contributed by atoms with van der Waals surface area (Å²) in [5.41, 5.74) is 0.717. The van der Waals surface area contributed by atoms with Crippen molar-refractivity contribution in [3.8, 4) is 17.1 Å². The minimum absolute atomic E-state index is 0.247. The zero-order valence-corrected chi connectivity index (χ0v) is 17.5. The Morgan fingerprint density at radius 1 is 1.00 bits per heavy atom. The van der Waals surface area contributed by atoms with E-state index in [1.54, 1.807) is 30.3 Å². The molecule has 1 N–H and O–H groups in total. The highest BCUT2D eigenvalue weighted by molar-refractivity contribution is 6.39. The lowest BCUT2D eigenvalue weighted by molar-refractivity contribution is -0.122. The van der Waals surface area contributed by atoms with Crippen LogP contribution in [-0.4, -0.2) is 25.0 Å². The van der Waals surface area contributed by atoms with Gasteiger partial charge in [0.1, 0.15) is 22.8 Å². The second kappa shape index (κ2) is 8.29. The summed E-state index contributed by atoms with van der Waals surface area (Å²) in [7, 11) is 1.52. The molecule has 7 nitrogen and oxygen atoms in total. The number of nitrogens with one attached hydrogen (secondary N) is 1. The van der Waals surface area contributed by atoms with Gasteiger partial charge in [-0.05, 0) is 60.7 Å². The smallest absolute Gasteiger partial charge is 0.335 e. The van der Waals surface area contributed by atoms with E-state index in [1.807, 2.05) is 0 Å². The van der Waals surface area contributed by atoms with Crippen LogP contribution in [0.25, 0.3) is 17.4 Å². The van der Waals surface area contributed by atoms with Crippen LogP contribution in [0.1, 0.15) is 5.76 Å². The monoisotopic (exact) mass is 456 g/mol. The van der Waals surface area contributed by atoms with Crippen molar-refractivity contribution < 1.29 is 23.5 Å². The number of halogens is 2.